The Morgan fingerprint density at radius 3 is 2.71 bits per heavy atom. The van der Waals surface area contributed by atoms with Crippen LogP contribution in [-0.2, 0) is 0 Å². The van der Waals surface area contributed by atoms with E-state index in [1.165, 1.54) is 32.8 Å². The van der Waals surface area contributed by atoms with Crippen LogP contribution in [0.2, 0.25) is 0 Å². The molecule has 1 aromatic heterocycles. The average molecular weight is 286 g/mol. The molecule has 1 N–H and O–H groups in total. The molecule has 1 atom stereocenters. The first-order chi connectivity index (χ1) is 10.2. The molecule has 6 heteroatoms. The smallest absolute Gasteiger partial charge is 0.255 e. The minimum Gasteiger partial charge on any atom is -0.497 e. The van der Waals surface area contributed by atoms with Gasteiger partial charge in [0.15, 0.2) is 0 Å². The van der Waals surface area contributed by atoms with E-state index in [-0.39, 0.29) is 0 Å². The van der Waals surface area contributed by atoms with Crippen molar-refractivity contribution in [3.63, 3.8) is 0 Å². The van der Waals surface area contributed by atoms with Crippen molar-refractivity contribution < 1.29 is 18.7 Å². The van der Waals surface area contributed by atoms with Crippen molar-refractivity contribution in [2.24, 2.45) is 0 Å². The first-order valence-electron chi connectivity index (χ1n) is 6.14. The number of benzene rings is 1. The highest BCUT2D eigenvalue weighted by atomic mass is 16.5. The highest BCUT2D eigenvalue weighted by Crippen LogP contribution is 2.29. The van der Waals surface area contributed by atoms with Crippen molar-refractivity contribution in [3.05, 3.63) is 47.9 Å². The predicted octanol–water partition coefficient (Wildman–Crippen LogP) is 2.29. The predicted molar refractivity (Wildman–Crippen MR) is 74.1 cm³/mol. The summed E-state index contributed by atoms with van der Waals surface area (Å²) in [5.41, 5.74) is 0.903. The summed E-state index contributed by atoms with van der Waals surface area (Å²) < 4.78 is 15.2. The zero-order chi connectivity index (χ0) is 15.2. The van der Waals surface area contributed by atoms with E-state index in [1.54, 1.807) is 18.2 Å². The summed E-state index contributed by atoms with van der Waals surface area (Å²) in [4.78, 5) is 12.0. The maximum Gasteiger partial charge on any atom is 0.255 e. The molecule has 6 nitrogen and oxygen atoms in total. The van der Waals surface area contributed by atoms with Crippen LogP contribution in [0.4, 0.5) is 0 Å². The standard InChI is InChI=1S/C15H14N2O4/c1-19-11-3-4-12(14(7-11)20-2)13(8-16)17-15(18)10-5-6-21-9-10/h3-7,9,13H,1-2H3,(H,17,18)/t13-/m1/s1. The molecule has 0 aliphatic rings. The van der Waals surface area contributed by atoms with Gasteiger partial charge in [-0.3, -0.25) is 4.79 Å². The Kier molecular flexibility index (Phi) is 4.46. The lowest BCUT2D eigenvalue weighted by molar-refractivity contribution is 0.0944. The number of amides is 1. The van der Waals surface area contributed by atoms with Gasteiger partial charge in [-0.15, -0.1) is 0 Å². The second-order valence-electron chi connectivity index (χ2n) is 4.16. The van der Waals surface area contributed by atoms with Crippen LogP contribution in [0.5, 0.6) is 11.5 Å². The summed E-state index contributed by atoms with van der Waals surface area (Å²) in [6, 6.07) is 7.76. The number of nitrogens with zero attached hydrogens (tertiary/aromatic N) is 1. The number of rotatable bonds is 5. The van der Waals surface area contributed by atoms with E-state index in [2.05, 4.69) is 5.32 Å². The molecule has 1 amide bonds. The number of carbonyl (C=O) groups excluding carboxylic acids is 1. The molecule has 0 aliphatic carbocycles. The summed E-state index contributed by atoms with van der Waals surface area (Å²) in [7, 11) is 3.03. The molecule has 0 radical (unpaired) electrons. The van der Waals surface area contributed by atoms with E-state index < -0.39 is 11.9 Å². The number of nitrogens with one attached hydrogen (secondary N) is 1. The molecule has 21 heavy (non-hydrogen) atoms. The van der Waals surface area contributed by atoms with E-state index in [1.807, 2.05) is 6.07 Å². The van der Waals surface area contributed by atoms with Gasteiger partial charge in [-0.1, -0.05) is 0 Å². The fourth-order valence-electron chi connectivity index (χ4n) is 1.84. The first-order valence-corrected chi connectivity index (χ1v) is 6.14. The largest absolute Gasteiger partial charge is 0.497 e. The van der Waals surface area contributed by atoms with Gasteiger partial charge in [0.2, 0.25) is 0 Å². The van der Waals surface area contributed by atoms with Crippen molar-refractivity contribution in [1.29, 1.82) is 5.26 Å². The third-order valence-electron chi connectivity index (χ3n) is 2.94. The monoisotopic (exact) mass is 286 g/mol. The minimum atomic E-state index is -0.840. The van der Waals surface area contributed by atoms with Gasteiger partial charge in [-0.25, -0.2) is 0 Å². The van der Waals surface area contributed by atoms with Crippen LogP contribution in [0.15, 0.2) is 41.2 Å². The maximum atomic E-state index is 12.0. The molecule has 0 spiro atoms. The quantitative estimate of drug-likeness (QED) is 0.911. The van der Waals surface area contributed by atoms with Crippen molar-refractivity contribution in [2.75, 3.05) is 14.2 Å². The lowest BCUT2D eigenvalue weighted by Gasteiger charge is -2.15. The molecule has 0 saturated heterocycles. The van der Waals surface area contributed by atoms with Crippen LogP contribution < -0.4 is 14.8 Å². The van der Waals surface area contributed by atoms with Gasteiger partial charge in [0.05, 0.1) is 32.1 Å². The molecule has 0 saturated carbocycles. The molecule has 0 fully saturated rings. The summed E-state index contributed by atoms with van der Waals surface area (Å²) in [5.74, 6) is 0.676. The summed E-state index contributed by atoms with van der Waals surface area (Å²) in [5, 5.41) is 11.9. The normalized spacial score (nSPS) is 11.3. The zero-order valence-electron chi connectivity index (χ0n) is 11.6. The van der Waals surface area contributed by atoms with E-state index in [0.29, 0.717) is 22.6 Å². The Hall–Kier alpha value is -2.94. The van der Waals surface area contributed by atoms with E-state index >= 15 is 0 Å². The SMILES string of the molecule is COc1ccc([C@@H](C#N)NC(=O)c2ccoc2)c(OC)c1. The van der Waals surface area contributed by atoms with Crippen LogP contribution >= 0.6 is 0 Å². The highest BCUT2D eigenvalue weighted by Gasteiger charge is 2.20. The van der Waals surface area contributed by atoms with Gasteiger partial charge in [-0.2, -0.15) is 5.26 Å². The highest BCUT2D eigenvalue weighted by molar-refractivity contribution is 5.94. The number of nitriles is 1. The minimum absolute atomic E-state index is 0.350. The van der Waals surface area contributed by atoms with Crippen LogP contribution in [0.3, 0.4) is 0 Å². The summed E-state index contributed by atoms with van der Waals surface area (Å²) in [6.07, 6.45) is 2.71. The molecule has 2 rings (SSSR count). The number of carbonyl (C=O) groups is 1. The number of furan rings is 1. The van der Waals surface area contributed by atoms with Crippen LogP contribution in [0, 0.1) is 11.3 Å². The third kappa shape index (κ3) is 3.15. The third-order valence-corrected chi connectivity index (χ3v) is 2.94. The van der Waals surface area contributed by atoms with Crippen LogP contribution in [-0.4, -0.2) is 20.1 Å². The lowest BCUT2D eigenvalue weighted by Crippen LogP contribution is -2.27. The number of methoxy groups -OCH3 is 2. The zero-order valence-corrected chi connectivity index (χ0v) is 11.6. The van der Waals surface area contributed by atoms with Crippen molar-refractivity contribution >= 4 is 5.91 Å². The van der Waals surface area contributed by atoms with Crippen LogP contribution in [0.25, 0.3) is 0 Å². The van der Waals surface area contributed by atoms with Gasteiger partial charge in [0.25, 0.3) is 5.91 Å². The number of hydrogen-bond acceptors (Lipinski definition) is 5. The summed E-state index contributed by atoms with van der Waals surface area (Å²) >= 11 is 0. The topological polar surface area (TPSA) is 84.5 Å². The van der Waals surface area contributed by atoms with Crippen molar-refractivity contribution in [2.45, 2.75) is 6.04 Å². The molecule has 0 unspecified atom stereocenters. The lowest BCUT2D eigenvalue weighted by atomic mass is 10.1. The Morgan fingerprint density at radius 1 is 1.33 bits per heavy atom. The second-order valence-corrected chi connectivity index (χ2v) is 4.16. The molecule has 0 bridgehead atoms. The Morgan fingerprint density at radius 2 is 2.14 bits per heavy atom. The molecule has 108 valence electrons. The van der Waals surface area contributed by atoms with E-state index in [9.17, 15) is 10.1 Å². The summed E-state index contributed by atoms with van der Waals surface area (Å²) in [6.45, 7) is 0. The van der Waals surface area contributed by atoms with Gasteiger partial charge in [-0.05, 0) is 18.2 Å². The van der Waals surface area contributed by atoms with E-state index in [4.69, 9.17) is 13.9 Å². The molecular formula is C15H14N2O4. The first kappa shape index (κ1) is 14.5. The molecule has 0 aliphatic heterocycles. The maximum absolute atomic E-state index is 12.0. The fraction of sp³-hybridized carbons (Fsp3) is 0.200. The molecule has 2 aromatic rings. The molecule has 1 heterocycles. The fourth-order valence-corrected chi connectivity index (χ4v) is 1.84. The Balaban J connectivity index is 2.25. The van der Waals surface area contributed by atoms with Crippen molar-refractivity contribution in [1.82, 2.24) is 5.32 Å². The Bertz CT molecular complexity index is 659. The van der Waals surface area contributed by atoms with Crippen LogP contribution in [0.1, 0.15) is 22.0 Å². The second kappa shape index (κ2) is 6.48. The van der Waals surface area contributed by atoms with Gasteiger partial charge < -0.3 is 19.2 Å². The van der Waals surface area contributed by atoms with Gasteiger partial charge >= 0.3 is 0 Å². The van der Waals surface area contributed by atoms with Crippen molar-refractivity contribution in [3.8, 4) is 17.6 Å². The number of hydrogen-bond donors (Lipinski definition) is 1. The average Bonchev–Trinajstić information content (AvgIpc) is 3.06. The molecule has 1 aromatic carbocycles. The van der Waals surface area contributed by atoms with E-state index in [0.717, 1.165) is 0 Å². The van der Waals surface area contributed by atoms with Gasteiger partial charge in [0, 0.05) is 11.6 Å². The number of ether oxygens (including phenoxy) is 2. The Labute approximate surface area is 121 Å². The van der Waals surface area contributed by atoms with Gasteiger partial charge in [0.1, 0.15) is 23.8 Å². The molecular weight excluding hydrogens is 272 g/mol.